The smallest absolute Gasteiger partial charge is 0.320 e. The molecule has 1 N–H and O–H groups in total. The number of benzene rings is 1. The number of amides is 2. The molecule has 4 heteroatoms. The molecule has 1 fully saturated rings. The SMILES string of the molecule is CCc1ccc(C2CN(CCNC)C(=O)N2C)cc1. The van der Waals surface area contributed by atoms with Crippen LogP contribution in [-0.4, -0.2) is 49.6 Å². The largest absolute Gasteiger partial charge is 0.321 e. The minimum atomic E-state index is 0.125. The summed E-state index contributed by atoms with van der Waals surface area (Å²) in [6.45, 7) is 4.53. The molecule has 19 heavy (non-hydrogen) atoms. The number of likely N-dealkylation sites (N-methyl/N-ethyl adjacent to an activating group) is 2. The standard InChI is InChI=1S/C15H23N3O/c1-4-12-5-7-13(8-6-12)14-11-18(10-9-16-2)15(19)17(14)3/h5-8,14,16H,4,9-11H2,1-3H3. The molecule has 1 unspecified atom stereocenters. The van der Waals surface area contributed by atoms with Crippen LogP contribution in [0.4, 0.5) is 4.79 Å². The summed E-state index contributed by atoms with van der Waals surface area (Å²) in [6.07, 6.45) is 1.05. The molecule has 0 radical (unpaired) electrons. The highest BCUT2D eigenvalue weighted by Gasteiger charge is 2.34. The van der Waals surface area contributed by atoms with Crippen molar-refractivity contribution in [3.05, 3.63) is 35.4 Å². The fourth-order valence-corrected chi connectivity index (χ4v) is 2.50. The van der Waals surface area contributed by atoms with Gasteiger partial charge in [0.05, 0.1) is 6.04 Å². The second-order valence-corrected chi connectivity index (χ2v) is 5.05. The molecule has 0 saturated carbocycles. The third-order valence-corrected chi connectivity index (χ3v) is 3.84. The molecule has 0 aliphatic carbocycles. The molecule has 0 spiro atoms. The molecule has 1 aromatic rings. The van der Waals surface area contributed by atoms with Crippen molar-refractivity contribution in [3.63, 3.8) is 0 Å². The molecule has 1 saturated heterocycles. The van der Waals surface area contributed by atoms with E-state index in [0.717, 1.165) is 26.1 Å². The molecule has 104 valence electrons. The van der Waals surface area contributed by atoms with Crippen molar-refractivity contribution < 1.29 is 4.79 Å². The summed E-state index contributed by atoms with van der Waals surface area (Å²) >= 11 is 0. The van der Waals surface area contributed by atoms with Crippen LogP contribution in [0.3, 0.4) is 0 Å². The number of nitrogens with zero attached hydrogens (tertiary/aromatic N) is 2. The first kappa shape index (κ1) is 13.9. The molecule has 1 aliphatic rings. The maximum absolute atomic E-state index is 12.1. The van der Waals surface area contributed by atoms with Gasteiger partial charge < -0.3 is 15.1 Å². The maximum Gasteiger partial charge on any atom is 0.320 e. The van der Waals surface area contributed by atoms with Crippen LogP contribution in [0.15, 0.2) is 24.3 Å². The monoisotopic (exact) mass is 261 g/mol. The average Bonchev–Trinajstić information content (AvgIpc) is 2.73. The zero-order chi connectivity index (χ0) is 13.8. The van der Waals surface area contributed by atoms with E-state index in [1.807, 2.05) is 23.9 Å². The normalized spacial score (nSPS) is 19.3. The van der Waals surface area contributed by atoms with Crippen LogP contribution in [0.5, 0.6) is 0 Å². The summed E-state index contributed by atoms with van der Waals surface area (Å²) in [7, 11) is 3.80. The first-order valence-corrected chi connectivity index (χ1v) is 6.92. The Labute approximate surface area is 115 Å². The van der Waals surface area contributed by atoms with Crippen LogP contribution in [-0.2, 0) is 6.42 Å². The Kier molecular flexibility index (Phi) is 4.43. The number of hydrogen-bond acceptors (Lipinski definition) is 2. The lowest BCUT2D eigenvalue weighted by Crippen LogP contribution is -2.34. The van der Waals surface area contributed by atoms with Crippen LogP contribution >= 0.6 is 0 Å². The Hall–Kier alpha value is -1.55. The van der Waals surface area contributed by atoms with Crippen LogP contribution in [0.25, 0.3) is 0 Å². The van der Waals surface area contributed by atoms with Crippen molar-refractivity contribution in [1.82, 2.24) is 15.1 Å². The second-order valence-electron chi connectivity index (χ2n) is 5.05. The van der Waals surface area contributed by atoms with Gasteiger partial charge in [0.2, 0.25) is 0 Å². The van der Waals surface area contributed by atoms with E-state index in [1.165, 1.54) is 11.1 Å². The Morgan fingerprint density at radius 2 is 2.00 bits per heavy atom. The molecular weight excluding hydrogens is 238 g/mol. The fraction of sp³-hybridized carbons (Fsp3) is 0.533. The highest BCUT2D eigenvalue weighted by atomic mass is 16.2. The van der Waals surface area contributed by atoms with Gasteiger partial charge in [-0.2, -0.15) is 0 Å². The van der Waals surface area contributed by atoms with Gasteiger partial charge in [-0.05, 0) is 24.6 Å². The van der Waals surface area contributed by atoms with Crippen molar-refractivity contribution in [2.24, 2.45) is 0 Å². The number of aryl methyl sites for hydroxylation is 1. The van der Waals surface area contributed by atoms with Crippen LogP contribution in [0, 0.1) is 0 Å². The molecule has 1 aromatic carbocycles. The van der Waals surface area contributed by atoms with E-state index in [-0.39, 0.29) is 12.1 Å². The van der Waals surface area contributed by atoms with Crippen molar-refractivity contribution in [2.45, 2.75) is 19.4 Å². The molecule has 1 heterocycles. The molecule has 2 rings (SSSR count). The lowest BCUT2D eigenvalue weighted by Gasteiger charge is -2.18. The average molecular weight is 261 g/mol. The fourth-order valence-electron chi connectivity index (χ4n) is 2.50. The first-order valence-electron chi connectivity index (χ1n) is 6.92. The van der Waals surface area contributed by atoms with Gasteiger partial charge in [-0.25, -0.2) is 4.79 Å². The van der Waals surface area contributed by atoms with Gasteiger partial charge in [-0.1, -0.05) is 31.2 Å². The van der Waals surface area contributed by atoms with E-state index in [2.05, 4.69) is 36.5 Å². The zero-order valence-corrected chi connectivity index (χ0v) is 12.0. The van der Waals surface area contributed by atoms with Crippen molar-refractivity contribution in [1.29, 1.82) is 0 Å². The van der Waals surface area contributed by atoms with Gasteiger partial charge in [0.1, 0.15) is 0 Å². The van der Waals surface area contributed by atoms with E-state index in [9.17, 15) is 4.79 Å². The maximum atomic E-state index is 12.1. The van der Waals surface area contributed by atoms with Crippen LogP contribution < -0.4 is 5.32 Å². The molecule has 2 amide bonds. The Bertz CT molecular complexity index is 430. The Balaban J connectivity index is 2.09. The number of rotatable bonds is 5. The number of nitrogens with one attached hydrogen (secondary N) is 1. The lowest BCUT2D eigenvalue weighted by molar-refractivity contribution is 0.196. The third-order valence-electron chi connectivity index (χ3n) is 3.84. The van der Waals surface area contributed by atoms with E-state index in [1.54, 1.807) is 0 Å². The number of carbonyl (C=O) groups is 1. The van der Waals surface area contributed by atoms with Crippen molar-refractivity contribution in [2.75, 3.05) is 33.7 Å². The molecular formula is C15H23N3O. The van der Waals surface area contributed by atoms with Crippen LogP contribution in [0.1, 0.15) is 24.1 Å². The van der Waals surface area contributed by atoms with E-state index in [4.69, 9.17) is 0 Å². The van der Waals surface area contributed by atoms with Gasteiger partial charge in [0, 0.05) is 26.7 Å². The topological polar surface area (TPSA) is 35.6 Å². The van der Waals surface area contributed by atoms with E-state index < -0.39 is 0 Å². The Morgan fingerprint density at radius 1 is 1.32 bits per heavy atom. The minimum Gasteiger partial charge on any atom is -0.321 e. The van der Waals surface area contributed by atoms with E-state index in [0.29, 0.717) is 0 Å². The molecule has 4 nitrogen and oxygen atoms in total. The first-order chi connectivity index (χ1) is 9.17. The van der Waals surface area contributed by atoms with Crippen LogP contribution in [0.2, 0.25) is 0 Å². The summed E-state index contributed by atoms with van der Waals surface area (Å²) in [6, 6.07) is 8.91. The van der Waals surface area contributed by atoms with Gasteiger partial charge in [0.15, 0.2) is 0 Å². The predicted octanol–water partition coefficient (Wildman–Crippen LogP) is 1.88. The van der Waals surface area contributed by atoms with Gasteiger partial charge in [-0.15, -0.1) is 0 Å². The van der Waals surface area contributed by atoms with Gasteiger partial charge >= 0.3 is 6.03 Å². The second kappa shape index (κ2) is 6.06. The third kappa shape index (κ3) is 2.89. The summed E-state index contributed by atoms with van der Waals surface area (Å²) in [5.74, 6) is 0. The lowest BCUT2D eigenvalue weighted by atomic mass is 10.0. The number of urea groups is 1. The Morgan fingerprint density at radius 3 is 2.58 bits per heavy atom. The van der Waals surface area contributed by atoms with Gasteiger partial charge in [0.25, 0.3) is 0 Å². The highest BCUT2D eigenvalue weighted by Crippen LogP contribution is 2.27. The quantitative estimate of drug-likeness (QED) is 0.878. The summed E-state index contributed by atoms with van der Waals surface area (Å²) in [5.41, 5.74) is 2.56. The van der Waals surface area contributed by atoms with Crippen molar-refractivity contribution >= 4 is 6.03 Å². The molecule has 1 atom stereocenters. The van der Waals surface area contributed by atoms with Crippen molar-refractivity contribution in [3.8, 4) is 0 Å². The van der Waals surface area contributed by atoms with Gasteiger partial charge in [-0.3, -0.25) is 0 Å². The zero-order valence-electron chi connectivity index (χ0n) is 12.0. The molecule has 0 aromatic heterocycles. The van der Waals surface area contributed by atoms with E-state index >= 15 is 0 Å². The summed E-state index contributed by atoms with van der Waals surface area (Å²) in [4.78, 5) is 15.9. The number of carbonyl (C=O) groups excluding carboxylic acids is 1. The number of hydrogen-bond donors (Lipinski definition) is 1. The minimum absolute atomic E-state index is 0.125. The summed E-state index contributed by atoms with van der Waals surface area (Å²) in [5, 5.41) is 3.09. The highest BCUT2D eigenvalue weighted by molar-refractivity contribution is 5.77. The summed E-state index contributed by atoms with van der Waals surface area (Å²) < 4.78 is 0. The molecule has 1 aliphatic heterocycles. The predicted molar refractivity (Wildman–Crippen MR) is 77.2 cm³/mol. The molecule has 0 bridgehead atoms.